The van der Waals surface area contributed by atoms with Crippen LogP contribution in [-0.2, 0) is 22.2 Å². The van der Waals surface area contributed by atoms with Crippen molar-refractivity contribution in [2.24, 2.45) is 0 Å². The molecule has 0 aliphatic rings. The summed E-state index contributed by atoms with van der Waals surface area (Å²) in [4.78, 5) is 4.48. The average molecular weight is 448 g/mol. The van der Waals surface area contributed by atoms with E-state index in [0.717, 1.165) is 11.1 Å². The summed E-state index contributed by atoms with van der Waals surface area (Å²) in [6, 6.07) is 11.2. The third-order valence-electron chi connectivity index (χ3n) is 3.88. The molecule has 3 rings (SSSR count). The van der Waals surface area contributed by atoms with Crippen LogP contribution in [0.4, 0.5) is 13.2 Å². The summed E-state index contributed by atoms with van der Waals surface area (Å²) in [5, 5.41) is 11.8. The van der Waals surface area contributed by atoms with Gasteiger partial charge in [0.1, 0.15) is 5.01 Å². The molecule has 0 saturated heterocycles. The molecule has 0 fully saturated rings. The van der Waals surface area contributed by atoms with Gasteiger partial charge in [0.15, 0.2) is 0 Å². The minimum absolute atomic E-state index is 0.0582. The van der Waals surface area contributed by atoms with Crippen LogP contribution in [0.5, 0.6) is 0 Å². The average Bonchev–Trinajstić information content (AvgIpc) is 3.10. The van der Waals surface area contributed by atoms with E-state index >= 15 is 0 Å². The summed E-state index contributed by atoms with van der Waals surface area (Å²) < 4.78 is 60.2. The number of aromatic nitrogens is 1. The van der Waals surface area contributed by atoms with Crippen LogP contribution in [0.3, 0.4) is 0 Å². The summed E-state index contributed by atoms with van der Waals surface area (Å²) in [6.45, 7) is -0.0970. The van der Waals surface area contributed by atoms with Gasteiger partial charge in [-0.15, -0.1) is 11.3 Å². The van der Waals surface area contributed by atoms with E-state index < -0.39 is 21.1 Å². The summed E-state index contributed by atoms with van der Waals surface area (Å²) in [5.74, 6) is -1.17. The molecule has 0 amide bonds. The van der Waals surface area contributed by atoms with E-state index in [-0.39, 0.29) is 17.2 Å². The number of rotatable bonds is 5. The summed E-state index contributed by atoms with van der Waals surface area (Å²) >= 11 is 7.51. The number of sulfone groups is 1. The highest BCUT2D eigenvalue weighted by molar-refractivity contribution is 7.91. The van der Waals surface area contributed by atoms with Gasteiger partial charge in [0.2, 0.25) is 0 Å². The van der Waals surface area contributed by atoms with Crippen LogP contribution < -0.4 is 0 Å². The number of benzene rings is 2. The number of hydrogen-bond donors (Lipinski definition) is 1. The first-order valence-corrected chi connectivity index (χ1v) is 10.8. The lowest BCUT2D eigenvalue weighted by atomic mass is 10.1. The Bertz CT molecular complexity index is 1110. The van der Waals surface area contributed by atoms with Crippen LogP contribution >= 0.6 is 22.9 Å². The molecule has 1 heterocycles. The quantitative estimate of drug-likeness (QED) is 0.593. The van der Waals surface area contributed by atoms with Crippen molar-refractivity contribution in [1.82, 2.24) is 4.98 Å². The van der Waals surface area contributed by atoms with Gasteiger partial charge >= 0.3 is 5.51 Å². The first kappa shape index (κ1) is 20.8. The van der Waals surface area contributed by atoms with Gasteiger partial charge in [-0.1, -0.05) is 41.9 Å². The molecule has 28 heavy (non-hydrogen) atoms. The van der Waals surface area contributed by atoms with Crippen molar-refractivity contribution in [2.75, 3.05) is 0 Å². The SMILES string of the molecule is O=S(=O)(Cc1ccc(-c2csc(-c3cccc(CO)c3)n2)c(Cl)c1)C(F)(F)F. The maximum absolute atomic E-state index is 12.5. The van der Waals surface area contributed by atoms with Crippen LogP contribution in [0.25, 0.3) is 21.8 Å². The Balaban J connectivity index is 1.88. The molecule has 0 aliphatic carbocycles. The number of alkyl halides is 3. The second-order valence-corrected chi connectivity index (χ2v) is 9.16. The first-order chi connectivity index (χ1) is 13.1. The van der Waals surface area contributed by atoms with Crippen molar-refractivity contribution in [3.8, 4) is 21.8 Å². The Labute approximate surface area is 168 Å². The van der Waals surface area contributed by atoms with Crippen molar-refractivity contribution in [2.45, 2.75) is 17.9 Å². The summed E-state index contributed by atoms with van der Waals surface area (Å²) in [6.07, 6.45) is 0. The molecule has 0 atom stereocenters. The van der Waals surface area contributed by atoms with E-state index in [0.29, 0.717) is 16.3 Å². The van der Waals surface area contributed by atoms with Crippen LogP contribution in [0.2, 0.25) is 5.02 Å². The van der Waals surface area contributed by atoms with E-state index in [1.54, 1.807) is 23.6 Å². The topological polar surface area (TPSA) is 67.3 Å². The zero-order valence-corrected chi connectivity index (χ0v) is 16.5. The van der Waals surface area contributed by atoms with Gasteiger partial charge in [-0.05, 0) is 23.3 Å². The fraction of sp³-hybridized carbons (Fsp3) is 0.167. The van der Waals surface area contributed by atoms with E-state index in [1.807, 2.05) is 6.07 Å². The fourth-order valence-electron chi connectivity index (χ4n) is 2.49. The number of hydrogen-bond acceptors (Lipinski definition) is 5. The molecule has 10 heteroatoms. The van der Waals surface area contributed by atoms with E-state index in [2.05, 4.69) is 4.98 Å². The molecule has 0 bridgehead atoms. The Morgan fingerprint density at radius 3 is 2.50 bits per heavy atom. The lowest BCUT2D eigenvalue weighted by Crippen LogP contribution is -2.24. The van der Waals surface area contributed by atoms with E-state index in [1.165, 1.54) is 29.5 Å². The molecular formula is C18H13ClF3NO3S2. The highest BCUT2D eigenvalue weighted by atomic mass is 35.5. The zero-order valence-electron chi connectivity index (χ0n) is 14.1. The summed E-state index contributed by atoms with van der Waals surface area (Å²) in [7, 11) is -5.28. The van der Waals surface area contributed by atoms with Crippen LogP contribution in [0.15, 0.2) is 47.8 Å². The number of halogens is 4. The number of aliphatic hydroxyl groups excluding tert-OH is 1. The van der Waals surface area contributed by atoms with Crippen LogP contribution in [0.1, 0.15) is 11.1 Å². The maximum Gasteiger partial charge on any atom is 0.497 e. The Hall–Kier alpha value is -1.94. The van der Waals surface area contributed by atoms with Crippen LogP contribution in [0, 0.1) is 0 Å². The molecule has 0 saturated carbocycles. The highest BCUT2D eigenvalue weighted by Gasteiger charge is 2.45. The highest BCUT2D eigenvalue weighted by Crippen LogP contribution is 2.34. The molecule has 1 aromatic heterocycles. The monoisotopic (exact) mass is 447 g/mol. The van der Waals surface area contributed by atoms with Gasteiger partial charge in [-0.25, -0.2) is 13.4 Å². The molecule has 0 aliphatic heterocycles. The molecule has 148 valence electrons. The molecule has 2 aromatic carbocycles. The fourth-order valence-corrected chi connectivity index (χ4v) is 4.39. The lowest BCUT2D eigenvalue weighted by Gasteiger charge is -2.09. The predicted molar refractivity (Wildman–Crippen MR) is 103 cm³/mol. The molecule has 4 nitrogen and oxygen atoms in total. The van der Waals surface area contributed by atoms with Crippen molar-refractivity contribution >= 4 is 32.8 Å². The third kappa shape index (κ3) is 4.38. The standard InChI is InChI=1S/C18H13ClF3NO3S2/c19-15-7-12(10-28(25,26)18(20,21)22)4-5-14(15)16-9-27-17(23-16)13-3-1-2-11(6-13)8-24/h1-7,9,24H,8,10H2. The Kier molecular flexibility index (Phi) is 5.81. The second kappa shape index (κ2) is 7.82. The lowest BCUT2D eigenvalue weighted by molar-refractivity contribution is -0.0437. The molecule has 0 unspecified atom stereocenters. The summed E-state index contributed by atoms with van der Waals surface area (Å²) in [5.41, 5.74) is -2.82. The minimum Gasteiger partial charge on any atom is -0.392 e. The van der Waals surface area contributed by atoms with Gasteiger partial charge in [-0.2, -0.15) is 13.2 Å². The normalized spacial score (nSPS) is 12.3. The number of thiazole rings is 1. The van der Waals surface area contributed by atoms with Crippen molar-refractivity contribution in [3.63, 3.8) is 0 Å². The maximum atomic E-state index is 12.5. The van der Waals surface area contributed by atoms with Crippen LogP contribution in [-0.4, -0.2) is 24.0 Å². The van der Waals surface area contributed by atoms with E-state index in [4.69, 9.17) is 11.6 Å². The Morgan fingerprint density at radius 1 is 1.11 bits per heavy atom. The zero-order chi connectivity index (χ0) is 20.5. The van der Waals surface area contributed by atoms with Gasteiger partial charge < -0.3 is 5.11 Å². The predicted octanol–water partition coefficient (Wildman–Crippen LogP) is 5.06. The van der Waals surface area contributed by atoms with Crippen molar-refractivity contribution in [1.29, 1.82) is 0 Å². The first-order valence-electron chi connectivity index (χ1n) is 7.84. The van der Waals surface area contributed by atoms with Crippen molar-refractivity contribution < 1.29 is 26.7 Å². The molecular weight excluding hydrogens is 435 g/mol. The van der Waals surface area contributed by atoms with Gasteiger partial charge in [0.05, 0.1) is 23.1 Å². The largest absolute Gasteiger partial charge is 0.497 e. The molecule has 1 N–H and O–H groups in total. The molecule has 0 spiro atoms. The van der Waals surface area contributed by atoms with Crippen molar-refractivity contribution in [3.05, 3.63) is 64.0 Å². The molecule has 0 radical (unpaired) electrons. The smallest absolute Gasteiger partial charge is 0.392 e. The number of nitrogens with zero attached hydrogens (tertiary/aromatic N) is 1. The van der Waals surface area contributed by atoms with Gasteiger partial charge in [0.25, 0.3) is 9.84 Å². The number of aliphatic hydroxyl groups is 1. The van der Waals surface area contributed by atoms with Gasteiger partial charge in [-0.3, -0.25) is 0 Å². The second-order valence-electron chi connectivity index (χ2n) is 5.92. The van der Waals surface area contributed by atoms with E-state index in [9.17, 15) is 26.7 Å². The molecule has 3 aromatic rings. The third-order valence-corrected chi connectivity index (χ3v) is 6.50. The minimum atomic E-state index is -5.31. The Morgan fingerprint density at radius 2 is 1.86 bits per heavy atom. The van der Waals surface area contributed by atoms with Gasteiger partial charge in [0, 0.05) is 16.5 Å².